The monoisotopic (exact) mass is 416 g/mol. The molecule has 2 bridgehead atoms. The van der Waals surface area contributed by atoms with Gasteiger partial charge in [0.05, 0.1) is 5.41 Å². The Bertz CT molecular complexity index is 835. The van der Waals surface area contributed by atoms with Crippen LogP contribution in [0.4, 0.5) is 0 Å². The molecule has 1 fully saturated rings. The third-order valence-electron chi connectivity index (χ3n) is 7.47. The van der Waals surface area contributed by atoms with E-state index in [0.29, 0.717) is 30.4 Å². The van der Waals surface area contributed by atoms with Crippen LogP contribution in [0.15, 0.2) is 23.8 Å². The van der Waals surface area contributed by atoms with E-state index in [1.807, 2.05) is 13.0 Å². The van der Waals surface area contributed by atoms with Crippen molar-refractivity contribution in [3.63, 3.8) is 0 Å². The lowest BCUT2D eigenvalue weighted by molar-refractivity contribution is -0.178. The number of rotatable bonds is 2. The van der Waals surface area contributed by atoms with E-state index in [1.165, 1.54) is 13.8 Å². The Morgan fingerprint density at radius 3 is 2.30 bits per heavy atom. The molecule has 0 amide bonds. The highest BCUT2D eigenvalue weighted by molar-refractivity contribution is 6.12. The number of allylic oxidation sites excluding steroid dienone is 2. The molecule has 6 nitrogen and oxygen atoms in total. The Hall–Kier alpha value is -2.24. The van der Waals surface area contributed by atoms with Gasteiger partial charge in [0.25, 0.3) is 0 Å². The van der Waals surface area contributed by atoms with E-state index in [-0.39, 0.29) is 35.2 Å². The maximum atomic E-state index is 13.6. The normalized spacial score (nSPS) is 35.9. The number of Topliss-reactive ketones (excluding diaryl/α,β-unsaturated/α-hetero) is 2. The van der Waals surface area contributed by atoms with E-state index in [1.54, 1.807) is 0 Å². The highest BCUT2D eigenvalue weighted by atomic mass is 16.5. The Morgan fingerprint density at radius 2 is 1.70 bits per heavy atom. The molecule has 3 aliphatic carbocycles. The largest absolute Gasteiger partial charge is 0.461 e. The van der Waals surface area contributed by atoms with Gasteiger partial charge in [0.1, 0.15) is 18.0 Å². The van der Waals surface area contributed by atoms with Crippen molar-refractivity contribution in [2.45, 2.75) is 78.9 Å². The summed E-state index contributed by atoms with van der Waals surface area (Å²) in [5, 5.41) is 0. The quantitative estimate of drug-likeness (QED) is 0.504. The standard InChI is InChI=1S/C24H32O6/c1-13-16-7-8-20(27)24(6)19(23(4,5)10-9-21(24)30-15(3)26)12-18(29-14(2)25)17(11-16)22(13)28/h11,16,18-19,21H,1,7-10,12H2,2-6H3/t16?,18?,19-,21?,24?/m1/s1. The molecule has 0 aromatic heterocycles. The molecule has 0 aliphatic heterocycles. The molecule has 0 aromatic rings. The van der Waals surface area contributed by atoms with Gasteiger partial charge in [0.15, 0.2) is 5.78 Å². The van der Waals surface area contributed by atoms with E-state index in [2.05, 4.69) is 20.4 Å². The molecule has 6 heteroatoms. The lowest BCUT2D eigenvalue weighted by Crippen LogP contribution is -2.57. The van der Waals surface area contributed by atoms with Crippen molar-refractivity contribution in [1.29, 1.82) is 0 Å². The molecule has 0 radical (unpaired) electrons. The van der Waals surface area contributed by atoms with Crippen molar-refractivity contribution < 1.29 is 28.7 Å². The van der Waals surface area contributed by atoms with Gasteiger partial charge in [-0.1, -0.05) is 26.5 Å². The molecule has 30 heavy (non-hydrogen) atoms. The molecule has 0 heterocycles. The van der Waals surface area contributed by atoms with Crippen molar-refractivity contribution in [2.75, 3.05) is 0 Å². The molecule has 0 aromatic carbocycles. The number of hydrogen-bond donors (Lipinski definition) is 0. The van der Waals surface area contributed by atoms with Crippen molar-refractivity contribution in [1.82, 2.24) is 0 Å². The average molecular weight is 417 g/mol. The summed E-state index contributed by atoms with van der Waals surface area (Å²) >= 11 is 0. The van der Waals surface area contributed by atoms with Crippen molar-refractivity contribution in [2.24, 2.45) is 22.7 Å². The van der Waals surface area contributed by atoms with Crippen molar-refractivity contribution in [3.8, 4) is 0 Å². The summed E-state index contributed by atoms with van der Waals surface area (Å²) in [4.78, 5) is 50.2. The second kappa shape index (κ2) is 7.78. The molecule has 4 unspecified atom stereocenters. The third kappa shape index (κ3) is 3.77. The number of hydrogen-bond acceptors (Lipinski definition) is 6. The zero-order valence-electron chi connectivity index (χ0n) is 18.6. The van der Waals surface area contributed by atoms with E-state index >= 15 is 0 Å². The summed E-state index contributed by atoms with van der Waals surface area (Å²) in [5.41, 5.74) is -0.284. The smallest absolute Gasteiger partial charge is 0.303 e. The van der Waals surface area contributed by atoms with Gasteiger partial charge in [-0.05, 0) is 49.5 Å². The van der Waals surface area contributed by atoms with Gasteiger partial charge in [-0.25, -0.2) is 0 Å². The summed E-state index contributed by atoms with van der Waals surface area (Å²) in [6.45, 7) is 12.7. The van der Waals surface area contributed by atoms with Gasteiger partial charge < -0.3 is 9.47 Å². The number of esters is 2. The fourth-order valence-electron chi connectivity index (χ4n) is 5.80. The number of ether oxygens (including phenoxy) is 2. The fourth-order valence-corrected chi connectivity index (χ4v) is 5.80. The van der Waals surface area contributed by atoms with Gasteiger partial charge in [-0.15, -0.1) is 0 Å². The Balaban J connectivity index is 2.13. The number of ketones is 2. The highest BCUT2D eigenvalue weighted by Gasteiger charge is 2.58. The van der Waals surface area contributed by atoms with Gasteiger partial charge in [0, 0.05) is 31.8 Å². The Kier molecular flexibility index (Phi) is 5.82. The zero-order chi connectivity index (χ0) is 22.4. The highest BCUT2D eigenvalue weighted by Crippen LogP contribution is 2.56. The first-order chi connectivity index (χ1) is 13.9. The zero-order valence-corrected chi connectivity index (χ0v) is 18.6. The van der Waals surface area contributed by atoms with Crippen LogP contribution in [0, 0.1) is 22.7 Å². The SMILES string of the molecule is C=C1C(=O)C2=CC1CCC(=O)C1(C)C(OC(C)=O)CCC(C)(C)[C@H]1CC2OC(C)=O. The van der Waals surface area contributed by atoms with Crippen LogP contribution in [0.5, 0.6) is 0 Å². The summed E-state index contributed by atoms with van der Waals surface area (Å²) in [7, 11) is 0. The molecule has 3 rings (SSSR count). The maximum absolute atomic E-state index is 13.6. The summed E-state index contributed by atoms with van der Waals surface area (Å²) in [5.74, 6) is -1.52. The van der Waals surface area contributed by atoms with E-state index in [9.17, 15) is 19.2 Å². The molecule has 3 aliphatic rings. The molecule has 0 N–H and O–H groups in total. The average Bonchev–Trinajstić information content (AvgIpc) is 2.91. The molecule has 0 spiro atoms. The van der Waals surface area contributed by atoms with Crippen LogP contribution in [0.2, 0.25) is 0 Å². The fraction of sp³-hybridized carbons (Fsp3) is 0.667. The lowest BCUT2D eigenvalue weighted by Gasteiger charge is -2.54. The molecule has 1 saturated carbocycles. The first-order valence-corrected chi connectivity index (χ1v) is 10.7. The molecule has 5 atom stereocenters. The van der Waals surface area contributed by atoms with Crippen molar-refractivity contribution >= 4 is 23.5 Å². The minimum absolute atomic E-state index is 0.0251. The molecular formula is C24H32O6. The summed E-state index contributed by atoms with van der Waals surface area (Å²) in [6.07, 6.45) is 2.97. The molecular weight excluding hydrogens is 384 g/mol. The second-order valence-electron chi connectivity index (χ2n) is 9.84. The van der Waals surface area contributed by atoms with Crippen LogP contribution in [0.1, 0.15) is 66.7 Å². The number of fused-ring (bicyclic) bond motifs is 2. The van der Waals surface area contributed by atoms with Crippen LogP contribution in [-0.4, -0.2) is 35.7 Å². The minimum Gasteiger partial charge on any atom is -0.461 e. The van der Waals surface area contributed by atoms with Crippen LogP contribution < -0.4 is 0 Å². The number of carbonyl (C=O) groups is 4. The van der Waals surface area contributed by atoms with Crippen LogP contribution in [-0.2, 0) is 28.7 Å². The first kappa shape index (κ1) is 22.4. The molecule has 164 valence electrons. The van der Waals surface area contributed by atoms with Crippen molar-refractivity contribution in [3.05, 3.63) is 23.8 Å². The maximum Gasteiger partial charge on any atom is 0.303 e. The Labute approximate surface area is 178 Å². The summed E-state index contributed by atoms with van der Waals surface area (Å²) < 4.78 is 11.3. The van der Waals surface area contributed by atoms with Gasteiger partial charge in [-0.3, -0.25) is 19.2 Å². The number of carbonyl (C=O) groups excluding carboxylic acids is 4. The van der Waals surface area contributed by atoms with Crippen LogP contribution >= 0.6 is 0 Å². The van der Waals surface area contributed by atoms with E-state index < -0.39 is 29.6 Å². The molecule has 0 saturated heterocycles. The predicted octanol–water partition coefficient (Wildman–Crippen LogP) is 3.73. The van der Waals surface area contributed by atoms with Gasteiger partial charge in [-0.2, -0.15) is 0 Å². The van der Waals surface area contributed by atoms with Gasteiger partial charge in [0.2, 0.25) is 0 Å². The minimum atomic E-state index is -0.923. The summed E-state index contributed by atoms with van der Waals surface area (Å²) in [6, 6.07) is 0. The van der Waals surface area contributed by atoms with Crippen LogP contribution in [0.25, 0.3) is 0 Å². The third-order valence-corrected chi connectivity index (χ3v) is 7.47. The van der Waals surface area contributed by atoms with E-state index in [4.69, 9.17) is 9.47 Å². The van der Waals surface area contributed by atoms with Gasteiger partial charge >= 0.3 is 11.9 Å². The predicted molar refractivity (Wildman–Crippen MR) is 110 cm³/mol. The van der Waals surface area contributed by atoms with Crippen LogP contribution in [0.3, 0.4) is 0 Å². The van der Waals surface area contributed by atoms with E-state index in [0.717, 1.165) is 6.42 Å². The lowest BCUT2D eigenvalue weighted by atomic mass is 9.51. The second-order valence-corrected chi connectivity index (χ2v) is 9.84. The topological polar surface area (TPSA) is 86.7 Å². The Morgan fingerprint density at radius 1 is 1.07 bits per heavy atom. The first-order valence-electron chi connectivity index (χ1n) is 10.7.